The Labute approximate surface area is 82.4 Å². The SMILES string of the molecule is CCCCNC(C)=O.c1nncs1. The Bertz CT molecular complexity index is 184. The smallest absolute Gasteiger partial charge is 0.216 e. The third-order valence-electron chi connectivity index (χ3n) is 1.19. The summed E-state index contributed by atoms with van der Waals surface area (Å²) in [5.74, 6) is 0.0680. The Balaban J connectivity index is 0.000000243. The minimum Gasteiger partial charge on any atom is -0.356 e. The van der Waals surface area contributed by atoms with Crippen molar-refractivity contribution < 1.29 is 4.79 Å². The van der Waals surface area contributed by atoms with Crippen LogP contribution in [-0.4, -0.2) is 22.6 Å². The van der Waals surface area contributed by atoms with Crippen molar-refractivity contribution in [3.05, 3.63) is 11.0 Å². The number of aromatic nitrogens is 2. The molecule has 4 nitrogen and oxygen atoms in total. The molecule has 0 aliphatic carbocycles. The molecule has 1 rings (SSSR count). The highest BCUT2D eigenvalue weighted by molar-refractivity contribution is 7.07. The van der Waals surface area contributed by atoms with Crippen LogP contribution in [-0.2, 0) is 4.79 Å². The van der Waals surface area contributed by atoms with Crippen molar-refractivity contribution in [2.75, 3.05) is 6.54 Å². The zero-order valence-electron chi connectivity index (χ0n) is 7.99. The molecule has 74 valence electrons. The van der Waals surface area contributed by atoms with Crippen LogP contribution in [0.25, 0.3) is 0 Å². The quantitative estimate of drug-likeness (QED) is 0.753. The zero-order valence-corrected chi connectivity index (χ0v) is 8.80. The zero-order chi connectivity index (χ0) is 9.94. The molecule has 0 radical (unpaired) electrons. The van der Waals surface area contributed by atoms with Crippen molar-refractivity contribution in [2.24, 2.45) is 0 Å². The number of nitrogens with zero attached hydrogens (tertiary/aromatic N) is 2. The first-order valence-electron chi connectivity index (χ1n) is 4.20. The average molecular weight is 201 g/mol. The molecular weight excluding hydrogens is 186 g/mol. The van der Waals surface area contributed by atoms with Gasteiger partial charge < -0.3 is 5.32 Å². The molecule has 13 heavy (non-hydrogen) atoms. The van der Waals surface area contributed by atoms with Gasteiger partial charge in [0, 0.05) is 13.5 Å². The summed E-state index contributed by atoms with van der Waals surface area (Å²) < 4.78 is 0. The molecular formula is C8H15N3OS. The lowest BCUT2D eigenvalue weighted by molar-refractivity contribution is -0.118. The van der Waals surface area contributed by atoms with Crippen LogP contribution >= 0.6 is 11.3 Å². The van der Waals surface area contributed by atoms with Crippen LogP contribution in [0.3, 0.4) is 0 Å². The molecule has 1 amide bonds. The lowest BCUT2D eigenvalue weighted by atomic mass is 10.3. The van der Waals surface area contributed by atoms with E-state index in [4.69, 9.17) is 0 Å². The number of amides is 1. The molecule has 0 saturated carbocycles. The molecule has 1 heterocycles. The minimum absolute atomic E-state index is 0.0680. The molecule has 0 aromatic carbocycles. The Hall–Kier alpha value is -0.970. The van der Waals surface area contributed by atoms with Gasteiger partial charge >= 0.3 is 0 Å². The first-order chi connectivity index (χ1) is 6.27. The molecule has 1 aromatic heterocycles. The van der Waals surface area contributed by atoms with E-state index in [1.807, 2.05) is 0 Å². The monoisotopic (exact) mass is 201 g/mol. The summed E-state index contributed by atoms with van der Waals surface area (Å²) in [5, 5.41) is 9.69. The van der Waals surface area contributed by atoms with Gasteiger partial charge in [-0.05, 0) is 6.42 Å². The van der Waals surface area contributed by atoms with Gasteiger partial charge in [0.05, 0.1) is 0 Å². The minimum atomic E-state index is 0.0680. The first kappa shape index (κ1) is 12.0. The lowest BCUT2D eigenvalue weighted by Crippen LogP contribution is -2.20. The van der Waals surface area contributed by atoms with Gasteiger partial charge in [0.15, 0.2) is 0 Å². The van der Waals surface area contributed by atoms with Gasteiger partial charge in [0.1, 0.15) is 11.0 Å². The van der Waals surface area contributed by atoms with Crippen LogP contribution in [0, 0.1) is 0 Å². The van der Waals surface area contributed by atoms with Gasteiger partial charge in [-0.15, -0.1) is 21.5 Å². The average Bonchev–Trinajstić information content (AvgIpc) is 2.61. The van der Waals surface area contributed by atoms with Crippen LogP contribution in [0.4, 0.5) is 0 Å². The van der Waals surface area contributed by atoms with Crippen LogP contribution in [0.15, 0.2) is 11.0 Å². The highest BCUT2D eigenvalue weighted by atomic mass is 32.1. The van der Waals surface area contributed by atoms with Crippen molar-refractivity contribution in [2.45, 2.75) is 26.7 Å². The second-order valence-electron chi connectivity index (χ2n) is 2.41. The number of unbranched alkanes of at least 4 members (excludes halogenated alkanes) is 1. The maximum absolute atomic E-state index is 10.2. The van der Waals surface area contributed by atoms with Crippen LogP contribution < -0.4 is 5.32 Å². The van der Waals surface area contributed by atoms with Crippen LogP contribution in [0.5, 0.6) is 0 Å². The number of nitrogens with one attached hydrogen (secondary N) is 1. The summed E-state index contributed by atoms with van der Waals surface area (Å²) in [6, 6.07) is 0. The Morgan fingerprint density at radius 2 is 2.08 bits per heavy atom. The van der Waals surface area contributed by atoms with Crippen molar-refractivity contribution in [1.29, 1.82) is 0 Å². The number of hydrogen-bond donors (Lipinski definition) is 1. The Kier molecular flexibility index (Phi) is 8.44. The molecule has 0 aliphatic rings. The largest absolute Gasteiger partial charge is 0.356 e. The van der Waals surface area contributed by atoms with E-state index in [0.29, 0.717) is 0 Å². The predicted molar refractivity (Wildman–Crippen MR) is 53.5 cm³/mol. The Morgan fingerprint density at radius 3 is 2.38 bits per heavy atom. The van der Waals surface area contributed by atoms with Crippen molar-refractivity contribution in [3.63, 3.8) is 0 Å². The molecule has 5 heteroatoms. The van der Waals surface area contributed by atoms with E-state index >= 15 is 0 Å². The molecule has 0 unspecified atom stereocenters. The van der Waals surface area contributed by atoms with Crippen LogP contribution in [0.1, 0.15) is 26.7 Å². The van der Waals surface area contributed by atoms with Crippen molar-refractivity contribution >= 4 is 17.2 Å². The standard InChI is InChI=1S/C6H13NO.C2H2N2S/c1-3-4-5-7-6(2)8;1-3-4-2-5-1/h3-5H2,1-2H3,(H,7,8);1-2H. The van der Waals surface area contributed by atoms with E-state index < -0.39 is 0 Å². The number of carbonyl (C=O) groups is 1. The number of hydrogen-bond acceptors (Lipinski definition) is 4. The second-order valence-corrected chi connectivity index (χ2v) is 3.11. The van der Waals surface area contributed by atoms with E-state index in [1.54, 1.807) is 11.0 Å². The highest BCUT2D eigenvalue weighted by Gasteiger charge is 1.85. The fourth-order valence-corrected chi connectivity index (χ4v) is 0.849. The Morgan fingerprint density at radius 1 is 1.46 bits per heavy atom. The molecule has 1 N–H and O–H groups in total. The third-order valence-corrected chi connectivity index (χ3v) is 1.62. The van der Waals surface area contributed by atoms with Gasteiger partial charge in [-0.3, -0.25) is 4.79 Å². The van der Waals surface area contributed by atoms with E-state index in [2.05, 4.69) is 22.4 Å². The van der Waals surface area contributed by atoms with E-state index in [-0.39, 0.29) is 5.91 Å². The fourth-order valence-electron chi connectivity index (χ4n) is 0.577. The first-order valence-corrected chi connectivity index (χ1v) is 5.15. The molecule has 0 bridgehead atoms. The maximum Gasteiger partial charge on any atom is 0.216 e. The van der Waals surface area contributed by atoms with Crippen molar-refractivity contribution in [3.8, 4) is 0 Å². The molecule has 0 aliphatic heterocycles. The molecule has 0 atom stereocenters. The van der Waals surface area contributed by atoms with Crippen molar-refractivity contribution in [1.82, 2.24) is 15.5 Å². The van der Waals surface area contributed by atoms with Gasteiger partial charge in [0.25, 0.3) is 0 Å². The van der Waals surface area contributed by atoms with E-state index in [0.717, 1.165) is 19.4 Å². The predicted octanol–water partition coefficient (Wildman–Crippen LogP) is 1.46. The summed E-state index contributed by atoms with van der Waals surface area (Å²) in [7, 11) is 0. The summed E-state index contributed by atoms with van der Waals surface area (Å²) in [6.45, 7) is 4.46. The second kappa shape index (κ2) is 9.12. The molecule has 0 spiro atoms. The summed E-state index contributed by atoms with van der Waals surface area (Å²) in [6.07, 6.45) is 2.22. The van der Waals surface area contributed by atoms with Gasteiger partial charge in [-0.25, -0.2) is 0 Å². The van der Waals surface area contributed by atoms with Crippen LogP contribution in [0.2, 0.25) is 0 Å². The van der Waals surface area contributed by atoms with Gasteiger partial charge in [-0.2, -0.15) is 0 Å². The summed E-state index contributed by atoms with van der Waals surface area (Å²) >= 11 is 1.49. The topological polar surface area (TPSA) is 54.9 Å². The van der Waals surface area contributed by atoms with E-state index in [9.17, 15) is 4.79 Å². The normalized spacial score (nSPS) is 8.46. The van der Waals surface area contributed by atoms with Gasteiger partial charge in [-0.1, -0.05) is 13.3 Å². The van der Waals surface area contributed by atoms with Gasteiger partial charge in [0.2, 0.25) is 5.91 Å². The fraction of sp³-hybridized carbons (Fsp3) is 0.625. The number of rotatable bonds is 3. The number of carbonyl (C=O) groups excluding carboxylic acids is 1. The molecule has 1 aromatic rings. The lowest BCUT2D eigenvalue weighted by Gasteiger charge is -1.96. The third kappa shape index (κ3) is 11.0. The summed E-state index contributed by atoms with van der Waals surface area (Å²) in [4.78, 5) is 10.2. The van der Waals surface area contributed by atoms with E-state index in [1.165, 1.54) is 18.3 Å². The maximum atomic E-state index is 10.2. The highest BCUT2D eigenvalue weighted by Crippen LogP contribution is 1.81. The summed E-state index contributed by atoms with van der Waals surface area (Å²) in [5.41, 5.74) is 3.36. The molecule has 0 saturated heterocycles. The molecule has 0 fully saturated rings.